The van der Waals surface area contributed by atoms with Crippen molar-refractivity contribution in [3.8, 4) is 17.1 Å². The van der Waals surface area contributed by atoms with E-state index in [1.54, 1.807) is 23.9 Å². The summed E-state index contributed by atoms with van der Waals surface area (Å²) >= 11 is 0. The number of ether oxygens (including phenoxy) is 1. The Bertz CT molecular complexity index is 1880. The molecular weight excluding hydrogens is 595 g/mol. The number of halogens is 1. The van der Waals surface area contributed by atoms with Gasteiger partial charge in [0.05, 0.1) is 35.7 Å². The number of benzene rings is 1. The van der Waals surface area contributed by atoms with E-state index < -0.39 is 22.1 Å². The third-order valence-corrected chi connectivity index (χ3v) is 11.5. The van der Waals surface area contributed by atoms with Gasteiger partial charge in [-0.2, -0.15) is 5.10 Å². The van der Waals surface area contributed by atoms with Gasteiger partial charge >= 0.3 is 0 Å². The molecule has 3 fully saturated rings. The van der Waals surface area contributed by atoms with E-state index >= 15 is 0 Å². The number of aryl methyl sites for hydroxylation is 1. The van der Waals surface area contributed by atoms with Crippen LogP contribution in [0.3, 0.4) is 0 Å². The number of piperidine rings is 2. The van der Waals surface area contributed by atoms with Crippen molar-refractivity contribution >= 4 is 37.9 Å². The predicted molar refractivity (Wildman–Crippen MR) is 174 cm³/mol. The van der Waals surface area contributed by atoms with Gasteiger partial charge in [0.25, 0.3) is 5.91 Å². The number of hydrogen-bond donors (Lipinski definition) is 1. The van der Waals surface area contributed by atoms with E-state index in [1.165, 1.54) is 24.0 Å². The van der Waals surface area contributed by atoms with Gasteiger partial charge in [0.15, 0.2) is 0 Å². The number of hydrogen-bond acceptors (Lipinski definition) is 7. The maximum absolute atomic E-state index is 14.3. The molecule has 0 spiro atoms. The van der Waals surface area contributed by atoms with Gasteiger partial charge in [-0.1, -0.05) is 6.07 Å². The molecule has 1 aliphatic carbocycles. The molecule has 4 aromatic rings. The van der Waals surface area contributed by atoms with Gasteiger partial charge in [-0.15, -0.1) is 0 Å². The number of aromatic nitrogens is 3. The number of likely N-dealkylation sites (tertiary alicyclic amines) is 1. The summed E-state index contributed by atoms with van der Waals surface area (Å²) in [5.41, 5.74) is 12.2. The number of nitrogens with two attached hydrogens (primary N) is 1. The fourth-order valence-corrected chi connectivity index (χ4v) is 8.23. The molecule has 0 radical (unpaired) electrons. The standard InChI is InChI=1S/C33H41FN6O4S/c1-20-31(36-40-17-23(13-30(44-2)32(20)40)33(41)38-18-24(34)14-25(35)19-38)29-12-22-6-7-26(15-28(22)39(29)16-21-4-5-21)37-10-8-27(9-11-37)45(3,42)43/h6-7,12-13,15,17,21,24-25,27H,4-5,8-11,14,16,18-19,35H2,1-3H3/t24-,25-/m1/s1. The van der Waals surface area contributed by atoms with Crippen LogP contribution in [0.15, 0.2) is 36.5 Å². The molecule has 5 heterocycles. The van der Waals surface area contributed by atoms with Crippen LogP contribution in [0.1, 0.15) is 48.0 Å². The number of carbonyl (C=O) groups excluding carboxylic acids is 1. The third-order valence-electron chi connectivity index (χ3n) is 9.80. The Morgan fingerprint density at radius 3 is 2.53 bits per heavy atom. The lowest BCUT2D eigenvalue weighted by Crippen LogP contribution is -2.50. The number of pyridine rings is 1. The molecule has 0 unspecified atom stereocenters. The third kappa shape index (κ3) is 5.67. The van der Waals surface area contributed by atoms with Gasteiger partial charge in [0.2, 0.25) is 0 Å². The molecule has 2 aliphatic heterocycles. The average Bonchev–Trinajstić information content (AvgIpc) is 3.68. The summed E-state index contributed by atoms with van der Waals surface area (Å²) in [4.78, 5) is 17.2. The zero-order chi connectivity index (χ0) is 31.6. The lowest BCUT2D eigenvalue weighted by Gasteiger charge is -2.33. The molecule has 0 bridgehead atoms. The maximum atomic E-state index is 14.3. The number of sulfone groups is 1. The summed E-state index contributed by atoms with van der Waals surface area (Å²) in [6, 6.07) is 10.00. The molecule has 1 saturated carbocycles. The number of nitrogens with zero attached hydrogens (tertiary/aromatic N) is 5. The summed E-state index contributed by atoms with van der Waals surface area (Å²) < 4.78 is 48.3. The summed E-state index contributed by atoms with van der Waals surface area (Å²) in [6.45, 7) is 4.65. The summed E-state index contributed by atoms with van der Waals surface area (Å²) in [5, 5.41) is 5.86. The average molecular weight is 637 g/mol. The SMILES string of the molecule is COc1cc(C(=O)N2C[C@H](N)C[C@@H](F)C2)cn2nc(-c3cc4ccc(N5CCC(S(C)(=O)=O)CC5)cc4n3CC3CC3)c(C)c12. The lowest BCUT2D eigenvalue weighted by atomic mass is 10.0. The number of methoxy groups -OCH3 is 1. The van der Waals surface area contributed by atoms with Crippen LogP contribution in [0.5, 0.6) is 5.75 Å². The van der Waals surface area contributed by atoms with E-state index in [2.05, 4.69) is 33.7 Å². The molecule has 2 N–H and O–H groups in total. The highest BCUT2D eigenvalue weighted by Crippen LogP contribution is 2.39. The van der Waals surface area contributed by atoms with E-state index in [1.807, 2.05) is 6.92 Å². The second-order valence-electron chi connectivity index (χ2n) is 13.2. The Kier molecular flexibility index (Phi) is 7.55. The number of amides is 1. The van der Waals surface area contributed by atoms with Crippen LogP contribution in [0.4, 0.5) is 10.1 Å². The second kappa shape index (κ2) is 11.3. The Morgan fingerprint density at radius 2 is 1.87 bits per heavy atom. The van der Waals surface area contributed by atoms with Gasteiger partial charge in [-0.05, 0) is 69.2 Å². The molecule has 7 rings (SSSR count). The molecule has 3 aliphatic rings. The van der Waals surface area contributed by atoms with Crippen LogP contribution in [-0.2, 0) is 16.4 Å². The topological polar surface area (TPSA) is 115 Å². The molecule has 3 aromatic heterocycles. The van der Waals surface area contributed by atoms with Crippen molar-refractivity contribution in [3.63, 3.8) is 0 Å². The lowest BCUT2D eigenvalue weighted by molar-refractivity contribution is 0.0606. The van der Waals surface area contributed by atoms with Crippen LogP contribution in [-0.4, -0.2) is 90.4 Å². The fourth-order valence-electron chi connectivity index (χ4n) is 7.16. The van der Waals surface area contributed by atoms with Crippen molar-refractivity contribution in [1.29, 1.82) is 0 Å². The molecular formula is C33H41FN6O4S. The van der Waals surface area contributed by atoms with Gasteiger partial charge in [0, 0.05) is 61.3 Å². The quantitative estimate of drug-likeness (QED) is 0.323. The Hall–Kier alpha value is -3.64. The molecule has 1 aromatic carbocycles. The van der Waals surface area contributed by atoms with Crippen LogP contribution in [0.25, 0.3) is 27.8 Å². The fraction of sp³-hybridized carbons (Fsp3) is 0.515. The van der Waals surface area contributed by atoms with E-state index in [0.717, 1.165) is 45.6 Å². The van der Waals surface area contributed by atoms with Gasteiger partial charge < -0.3 is 24.8 Å². The van der Waals surface area contributed by atoms with Crippen molar-refractivity contribution in [3.05, 3.63) is 47.7 Å². The first-order valence-electron chi connectivity index (χ1n) is 15.8. The van der Waals surface area contributed by atoms with Gasteiger partial charge in [0.1, 0.15) is 33.0 Å². The Balaban J connectivity index is 1.27. The number of rotatable bonds is 7. The largest absolute Gasteiger partial charge is 0.494 e. The van der Waals surface area contributed by atoms with Crippen molar-refractivity contribution in [2.45, 2.75) is 63.0 Å². The zero-order valence-corrected chi connectivity index (χ0v) is 26.9. The van der Waals surface area contributed by atoms with Gasteiger partial charge in [-0.3, -0.25) is 4.79 Å². The molecule has 2 saturated heterocycles. The minimum absolute atomic E-state index is 0.0231. The Labute approximate surface area is 262 Å². The van der Waals surface area contributed by atoms with E-state index in [4.69, 9.17) is 15.6 Å². The van der Waals surface area contributed by atoms with Crippen molar-refractivity contribution < 1.29 is 22.3 Å². The minimum atomic E-state index is -3.03. The maximum Gasteiger partial charge on any atom is 0.255 e. The smallest absolute Gasteiger partial charge is 0.255 e. The predicted octanol–water partition coefficient (Wildman–Crippen LogP) is 4.21. The molecule has 12 heteroatoms. The molecule has 45 heavy (non-hydrogen) atoms. The minimum Gasteiger partial charge on any atom is -0.494 e. The highest BCUT2D eigenvalue weighted by molar-refractivity contribution is 7.91. The molecule has 2 atom stereocenters. The Morgan fingerprint density at radius 1 is 1.11 bits per heavy atom. The molecule has 240 valence electrons. The highest BCUT2D eigenvalue weighted by Gasteiger charge is 2.31. The monoisotopic (exact) mass is 636 g/mol. The second-order valence-corrected chi connectivity index (χ2v) is 15.5. The van der Waals surface area contributed by atoms with E-state index in [9.17, 15) is 17.6 Å². The van der Waals surface area contributed by atoms with Crippen molar-refractivity contribution in [2.75, 3.05) is 44.4 Å². The number of anilines is 1. The van der Waals surface area contributed by atoms with Crippen LogP contribution in [0, 0.1) is 12.8 Å². The molecule has 1 amide bonds. The van der Waals surface area contributed by atoms with E-state index in [-0.39, 0.29) is 24.1 Å². The molecule has 10 nitrogen and oxygen atoms in total. The van der Waals surface area contributed by atoms with Crippen LogP contribution < -0.4 is 15.4 Å². The number of alkyl halides is 1. The first-order valence-corrected chi connectivity index (χ1v) is 17.8. The summed E-state index contributed by atoms with van der Waals surface area (Å²) in [7, 11) is -1.46. The normalized spacial score (nSPS) is 21.6. The number of carbonyl (C=O) groups is 1. The zero-order valence-electron chi connectivity index (χ0n) is 26.1. The van der Waals surface area contributed by atoms with E-state index in [0.29, 0.717) is 49.7 Å². The van der Waals surface area contributed by atoms with Crippen molar-refractivity contribution in [2.24, 2.45) is 11.7 Å². The summed E-state index contributed by atoms with van der Waals surface area (Å²) in [6.07, 6.45) is 5.82. The van der Waals surface area contributed by atoms with Crippen LogP contribution in [0.2, 0.25) is 0 Å². The van der Waals surface area contributed by atoms with Gasteiger partial charge in [-0.25, -0.2) is 17.3 Å². The van der Waals surface area contributed by atoms with Crippen LogP contribution >= 0.6 is 0 Å². The first-order chi connectivity index (χ1) is 21.5. The first kappa shape index (κ1) is 30.0. The van der Waals surface area contributed by atoms with Crippen molar-refractivity contribution in [1.82, 2.24) is 19.1 Å². The highest BCUT2D eigenvalue weighted by atomic mass is 32.2. The summed E-state index contributed by atoms with van der Waals surface area (Å²) in [5.74, 6) is 0.846. The number of fused-ring (bicyclic) bond motifs is 2.